The van der Waals surface area contributed by atoms with Gasteiger partial charge in [-0.3, -0.25) is 9.59 Å². The lowest BCUT2D eigenvalue weighted by atomic mass is 10.2. The first-order valence-corrected chi connectivity index (χ1v) is 10.1. The maximum absolute atomic E-state index is 12.6. The Balaban J connectivity index is 1.38. The van der Waals surface area contributed by atoms with E-state index in [0.29, 0.717) is 28.7 Å². The van der Waals surface area contributed by atoms with E-state index in [1.165, 1.54) is 11.3 Å². The Kier molecular flexibility index (Phi) is 5.40. The van der Waals surface area contributed by atoms with E-state index >= 15 is 0 Å². The molecule has 1 aliphatic heterocycles. The molecule has 0 radical (unpaired) electrons. The van der Waals surface area contributed by atoms with Crippen LogP contribution in [-0.2, 0) is 11.3 Å². The summed E-state index contributed by atoms with van der Waals surface area (Å²) >= 11 is 7.36. The topological polar surface area (TPSA) is 88.3 Å². The van der Waals surface area contributed by atoms with Gasteiger partial charge < -0.3 is 14.7 Å². The van der Waals surface area contributed by atoms with Gasteiger partial charge in [-0.25, -0.2) is 0 Å². The van der Waals surface area contributed by atoms with Crippen molar-refractivity contribution in [2.75, 3.05) is 6.54 Å². The second kappa shape index (κ2) is 8.12. The van der Waals surface area contributed by atoms with Crippen molar-refractivity contribution in [3.05, 3.63) is 57.6 Å². The summed E-state index contributed by atoms with van der Waals surface area (Å²) in [7, 11) is 0. The second-order valence-corrected chi connectivity index (χ2v) is 7.76. The van der Waals surface area contributed by atoms with Crippen molar-refractivity contribution >= 4 is 34.8 Å². The van der Waals surface area contributed by atoms with Gasteiger partial charge in [-0.15, -0.1) is 11.3 Å². The number of hydrogen-bond donors (Lipinski definition) is 1. The Bertz CT molecular complexity index is 989. The third-order valence-corrected chi connectivity index (χ3v) is 5.61. The fraction of sp³-hybridized carbons (Fsp3) is 0.263. The minimum atomic E-state index is -0.482. The monoisotopic (exact) mass is 416 g/mol. The summed E-state index contributed by atoms with van der Waals surface area (Å²) in [5, 5.41) is 9.15. The van der Waals surface area contributed by atoms with E-state index in [2.05, 4.69) is 15.5 Å². The van der Waals surface area contributed by atoms with Crippen LogP contribution < -0.4 is 5.32 Å². The molecule has 1 aromatic carbocycles. The summed E-state index contributed by atoms with van der Waals surface area (Å²) in [6, 6.07) is 10.2. The molecule has 1 aliphatic rings. The van der Waals surface area contributed by atoms with Crippen molar-refractivity contribution in [1.82, 2.24) is 20.4 Å². The summed E-state index contributed by atoms with van der Waals surface area (Å²) in [6.07, 6.45) is 1.44. The van der Waals surface area contributed by atoms with Crippen LogP contribution in [0.4, 0.5) is 0 Å². The lowest BCUT2D eigenvalue weighted by Crippen LogP contribution is -2.45. The normalized spacial score (nSPS) is 16.3. The zero-order chi connectivity index (χ0) is 19.5. The predicted octanol–water partition coefficient (Wildman–Crippen LogP) is 3.37. The minimum Gasteiger partial charge on any atom is -0.345 e. The number of amides is 2. The fourth-order valence-corrected chi connectivity index (χ4v) is 4.05. The van der Waals surface area contributed by atoms with Gasteiger partial charge in [-0.2, -0.15) is 4.98 Å². The number of rotatable bonds is 5. The minimum absolute atomic E-state index is 0.101. The standard InChI is InChI=1S/C19H17ClN4O3S/c20-13-5-1-4-12(10-13)17-22-16(27-23-17)11-21-18(25)14-6-2-8-24(14)19(26)15-7-3-9-28-15/h1,3-5,7,9-10,14H,2,6,8,11H2,(H,21,25)/t14-/m0/s1. The van der Waals surface area contributed by atoms with Gasteiger partial charge in [0.15, 0.2) is 0 Å². The van der Waals surface area contributed by atoms with E-state index in [4.69, 9.17) is 16.1 Å². The van der Waals surface area contributed by atoms with Crippen LogP contribution in [0.25, 0.3) is 11.4 Å². The molecule has 2 amide bonds. The summed E-state index contributed by atoms with van der Waals surface area (Å²) < 4.78 is 5.21. The highest BCUT2D eigenvalue weighted by molar-refractivity contribution is 7.12. The number of thiophene rings is 1. The average molecular weight is 417 g/mol. The van der Waals surface area contributed by atoms with Gasteiger partial charge in [0.1, 0.15) is 6.04 Å². The first kappa shape index (κ1) is 18.6. The van der Waals surface area contributed by atoms with Gasteiger partial charge in [0.2, 0.25) is 17.6 Å². The number of hydrogen-bond acceptors (Lipinski definition) is 6. The molecule has 9 heteroatoms. The number of carbonyl (C=O) groups is 2. The van der Waals surface area contributed by atoms with Gasteiger partial charge in [-0.05, 0) is 36.4 Å². The average Bonchev–Trinajstić information content (AvgIpc) is 3.47. The highest BCUT2D eigenvalue weighted by Crippen LogP contribution is 2.23. The van der Waals surface area contributed by atoms with E-state index in [-0.39, 0.29) is 24.2 Å². The van der Waals surface area contributed by atoms with Crippen LogP contribution in [-0.4, -0.2) is 39.4 Å². The van der Waals surface area contributed by atoms with Crippen molar-refractivity contribution in [3.63, 3.8) is 0 Å². The Morgan fingerprint density at radius 1 is 1.32 bits per heavy atom. The third-order valence-electron chi connectivity index (χ3n) is 4.51. The molecule has 0 unspecified atom stereocenters. The maximum atomic E-state index is 12.6. The number of likely N-dealkylation sites (tertiary alicyclic amines) is 1. The highest BCUT2D eigenvalue weighted by atomic mass is 35.5. The van der Waals surface area contributed by atoms with E-state index < -0.39 is 6.04 Å². The van der Waals surface area contributed by atoms with Crippen LogP contribution in [0.15, 0.2) is 46.3 Å². The van der Waals surface area contributed by atoms with E-state index in [0.717, 1.165) is 12.0 Å². The van der Waals surface area contributed by atoms with Crippen LogP contribution in [0.2, 0.25) is 5.02 Å². The van der Waals surface area contributed by atoms with Crippen molar-refractivity contribution in [1.29, 1.82) is 0 Å². The molecule has 0 bridgehead atoms. The molecule has 0 saturated carbocycles. The van der Waals surface area contributed by atoms with Gasteiger partial charge in [-0.1, -0.05) is 35.0 Å². The Morgan fingerprint density at radius 2 is 2.21 bits per heavy atom. The smallest absolute Gasteiger partial charge is 0.264 e. The molecule has 1 fully saturated rings. The predicted molar refractivity (Wildman–Crippen MR) is 105 cm³/mol. The van der Waals surface area contributed by atoms with Crippen molar-refractivity contribution in [2.45, 2.75) is 25.4 Å². The van der Waals surface area contributed by atoms with Gasteiger partial charge in [0.05, 0.1) is 11.4 Å². The van der Waals surface area contributed by atoms with Crippen molar-refractivity contribution < 1.29 is 14.1 Å². The largest absolute Gasteiger partial charge is 0.345 e. The van der Waals surface area contributed by atoms with Crippen LogP contribution >= 0.6 is 22.9 Å². The molecule has 144 valence electrons. The summed E-state index contributed by atoms with van der Waals surface area (Å²) in [6.45, 7) is 0.679. The van der Waals surface area contributed by atoms with Crippen LogP contribution in [0.5, 0.6) is 0 Å². The number of carbonyl (C=O) groups excluding carboxylic acids is 2. The molecule has 4 rings (SSSR count). The molecule has 7 nitrogen and oxygen atoms in total. The molecular formula is C19H17ClN4O3S. The lowest BCUT2D eigenvalue weighted by Gasteiger charge is -2.23. The summed E-state index contributed by atoms with van der Waals surface area (Å²) in [5.41, 5.74) is 0.734. The van der Waals surface area contributed by atoms with E-state index in [1.807, 2.05) is 17.5 Å². The molecule has 0 aliphatic carbocycles. The molecule has 28 heavy (non-hydrogen) atoms. The number of benzene rings is 1. The van der Waals surface area contributed by atoms with Gasteiger partial charge in [0.25, 0.3) is 5.91 Å². The first-order valence-electron chi connectivity index (χ1n) is 8.82. The molecule has 3 aromatic rings. The Morgan fingerprint density at radius 3 is 3.00 bits per heavy atom. The van der Waals surface area contributed by atoms with Crippen LogP contribution in [0, 0.1) is 0 Å². The van der Waals surface area contributed by atoms with Crippen LogP contribution in [0.3, 0.4) is 0 Å². The second-order valence-electron chi connectivity index (χ2n) is 6.37. The van der Waals surface area contributed by atoms with Gasteiger partial charge >= 0.3 is 0 Å². The first-order chi connectivity index (χ1) is 13.6. The SMILES string of the molecule is O=C(NCc1nc(-c2cccc(Cl)c2)no1)[C@@H]1CCCN1C(=O)c1cccs1. The molecule has 0 spiro atoms. The molecule has 1 saturated heterocycles. The summed E-state index contributed by atoms with van der Waals surface area (Å²) in [4.78, 5) is 31.8. The quantitative estimate of drug-likeness (QED) is 0.688. The zero-order valence-electron chi connectivity index (χ0n) is 14.8. The molecule has 3 heterocycles. The zero-order valence-corrected chi connectivity index (χ0v) is 16.4. The molecule has 2 aromatic heterocycles. The van der Waals surface area contributed by atoms with E-state index in [9.17, 15) is 9.59 Å². The number of nitrogens with one attached hydrogen (secondary N) is 1. The lowest BCUT2D eigenvalue weighted by molar-refractivity contribution is -0.125. The van der Waals surface area contributed by atoms with Crippen molar-refractivity contribution in [2.24, 2.45) is 0 Å². The van der Waals surface area contributed by atoms with E-state index in [1.54, 1.807) is 29.2 Å². The van der Waals surface area contributed by atoms with Crippen LogP contribution in [0.1, 0.15) is 28.4 Å². The number of aromatic nitrogens is 2. The van der Waals surface area contributed by atoms with Crippen molar-refractivity contribution in [3.8, 4) is 11.4 Å². The number of nitrogens with zero attached hydrogens (tertiary/aromatic N) is 3. The molecule has 1 atom stereocenters. The maximum Gasteiger partial charge on any atom is 0.264 e. The molecular weight excluding hydrogens is 400 g/mol. The summed E-state index contributed by atoms with van der Waals surface area (Å²) in [5.74, 6) is 0.373. The van der Waals surface area contributed by atoms with Gasteiger partial charge in [0, 0.05) is 17.1 Å². The number of halogens is 1. The Labute approximate surface area is 170 Å². The third kappa shape index (κ3) is 3.93. The molecule has 1 N–H and O–H groups in total. The Hall–Kier alpha value is -2.71. The highest BCUT2D eigenvalue weighted by Gasteiger charge is 2.34. The fourth-order valence-electron chi connectivity index (χ4n) is 3.18.